The second kappa shape index (κ2) is 7.64. The molecule has 2 aliphatic rings. The molecule has 0 aromatic heterocycles. The molecule has 2 rings (SSSR count). The average molecular weight is 312 g/mol. The molecule has 0 aromatic carbocycles. The number of nitrogens with zero attached hydrogens (tertiary/aromatic N) is 1. The number of methoxy groups -OCH3 is 1. The van der Waals surface area contributed by atoms with Gasteiger partial charge in [-0.25, -0.2) is 4.79 Å². The molecule has 0 bridgehead atoms. The summed E-state index contributed by atoms with van der Waals surface area (Å²) in [5, 5.41) is 3.60. The molecule has 1 atom stereocenters. The minimum atomic E-state index is -0.409. The Morgan fingerprint density at radius 1 is 1.32 bits per heavy atom. The second-order valence-corrected chi connectivity index (χ2v) is 7.70. The molecule has 1 saturated heterocycles. The molecule has 1 unspecified atom stereocenters. The Morgan fingerprint density at radius 3 is 2.68 bits per heavy atom. The molecule has 2 fully saturated rings. The summed E-state index contributed by atoms with van der Waals surface area (Å²) in [7, 11) is 1.79. The predicted octanol–water partition coefficient (Wildman–Crippen LogP) is 2.79. The number of amides is 1. The van der Waals surface area contributed by atoms with Gasteiger partial charge >= 0.3 is 6.09 Å². The Bertz CT molecular complexity index is 361. The van der Waals surface area contributed by atoms with Gasteiger partial charge in [-0.2, -0.15) is 0 Å². The minimum Gasteiger partial charge on any atom is -0.444 e. The van der Waals surface area contributed by atoms with Crippen molar-refractivity contribution in [2.24, 2.45) is 5.92 Å². The molecule has 1 N–H and O–H groups in total. The van der Waals surface area contributed by atoms with Crippen LogP contribution in [-0.4, -0.2) is 55.5 Å². The molecule has 5 nitrogen and oxygen atoms in total. The fourth-order valence-electron chi connectivity index (χ4n) is 3.21. The Kier molecular flexibility index (Phi) is 6.09. The number of carbonyl (C=O) groups excluding carboxylic acids is 1. The lowest BCUT2D eigenvalue weighted by Gasteiger charge is -2.36. The number of ether oxygens (including phenoxy) is 2. The van der Waals surface area contributed by atoms with Crippen molar-refractivity contribution in [1.29, 1.82) is 0 Å². The zero-order chi connectivity index (χ0) is 16.2. The zero-order valence-electron chi connectivity index (χ0n) is 14.6. The molecular weight excluding hydrogens is 280 g/mol. The summed E-state index contributed by atoms with van der Waals surface area (Å²) < 4.78 is 10.8. The highest BCUT2D eigenvalue weighted by molar-refractivity contribution is 5.68. The van der Waals surface area contributed by atoms with Gasteiger partial charge in [0.05, 0.1) is 6.10 Å². The van der Waals surface area contributed by atoms with Crippen molar-refractivity contribution in [1.82, 2.24) is 10.2 Å². The van der Waals surface area contributed by atoms with Gasteiger partial charge in [0.25, 0.3) is 0 Å². The molecule has 0 aromatic rings. The minimum absolute atomic E-state index is 0.160. The SMILES string of the molecule is COC1CC(NCCC2CCCN(C(=O)OC(C)(C)C)C2)C1. The number of hydrogen-bond donors (Lipinski definition) is 1. The van der Waals surface area contributed by atoms with Crippen molar-refractivity contribution >= 4 is 6.09 Å². The second-order valence-electron chi connectivity index (χ2n) is 7.70. The molecule has 1 aliphatic heterocycles. The maximum atomic E-state index is 12.1. The number of nitrogens with one attached hydrogen (secondary N) is 1. The van der Waals surface area contributed by atoms with Crippen LogP contribution in [0.15, 0.2) is 0 Å². The smallest absolute Gasteiger partial charge is 0.410 e. The fourth-order valence-corrected chi connectivity index (χ4v) is 3.21. The van der Waals surface area contributed by atoms with E-state index in [9.17, 15) is 4.79 Å². The highest BCUT2D eigenvalue weighted by atomic mass is 16.6. The predicted molar refractivity (Wildman–Crippen MR) is 87.0 cm³/mol. The summed E-state index contributed by atoms with van der Waals surface area (Å²) in [6.07, 6.45) is 5.98. The third-order valence-electron chi connectivity index (χ3n) is 4.58. The lowest BCUT2D eigenvalue weighted by molar-refractivity contribution is 0.0129. The molecule has 1 amide bonds. The van der Waals surface area contributed by atoms with E-state index in [4.69, 9.17) is 9.47 Å². The van der Waals surface area contributed by atoms with E-state index >= 15 is 0 Å². The van der Waals surface area contributed by atoms with Crippen molar-refractivity contribution in [3.63, 3.8) is 0 Å². The van der Waals surface area contributed by atoms with Gasteiger partial charge in [-0.15, -0.1) is 0 Å². The van der Waals surface area contributed by atoms with E-state index in [1.54, 1.807) is 7.11 Å². The fraction of sp³-hybridized carbons (Fsp3) is 0.941. The Morgan fingerprint density at radius 2 is 2.05 bits per heavy atom. The molecule has 128 valence electrons. The summed E-state index contributed by atoms with van der Waals surface area (Å²) in [6, 6.07) is 0.621. The molecule has 22 heavy (non-hydrogen) atoms. The van der Waals surface area contributed by atoms with E-state index in [0.717, 1.165) is 45.3 Å². The van der Waals surface area contributed by atoms with Gasteiger partial charge in [0.15, 0.2) is 0 Å². The first-order chi connectivity index (χ1) is 10.4. The van der Waals surface area contributed by atoms with Gasteiger partial charge in [0.2, 0.25) is 0 Å². The number of piperidine rings is 1. The summed E-state index contributed by atoms with van der Waals surface area (Å²) in [4.78, 5) is 14.0. The van der Waals surface area contributed by atoms with Crippen LogP contribution in [0.4, 0.5) is 4.79 Å². The first-order valence-electron chi connectivity index (χ1n) is 8.61. The van der Waals surface area contributed by atoms with Crippen LogP contribution in [0.3, 0.4) is 0 Å². The largest absolute Gasteiger partial charge is 0.444 e. The number of likely N-dealkylation sites (tertiary alicyclic amines) is 1. The van der Waals surface area contributed by atoms with Gasteiger partial charge in [0, 0.05) is 26.2 Å². The van der Waals surface area contributed by atoms with E-state index in [1.165, 1.54) is 6.42 Å². The van der Waals surface area contributed by atoms with Crippen molar-refractivity contribution in [2.45, 2.75) is 70.6 Å². The van der Waals surface area contributed by atoms with Gasteiger partial charge in [-0.1, -0.05) is 0 Å². The lowest BCUT2D eigenvalue weighted by Crippen LogP contribution is -2.46. The summed E-state index contributed by atoms with van der Waals surface area (Å²) in [6.45, 7) is 8.46. The van der Waals surface area contributed by atoms with Crippen LogP contribution in [0.2, 0.25) is 0 Å². The maximum Gasteiger partial charge on any atom is 0.410 e. The molecular formula is C17H32N2O3. The number of rotatable bonds is 5. The van der Waals surface area contributed by atoms with Crippen LogP contribution in [0, 0.1) is 5.92 Å². The molecule has 1 saturated carbocycles. The van der Waals surface area contributed by atoms with Crippen molar-refractivity contribution in [3.8, 4) is 0 Å². The Balaban J connectivity index is 1.64. The standard InChI is InChI=1S/C17H32N2O3/c1-17(2,3)22-16(20)19-9-5-6-13(12-19)7-8-18-14-10-15(11-14)21-4/h13-15,18H,5-12H2,1-4H3. The number of carbonyl (C=O) groups is 1. The summed E-state index contributed by atoms with van der Waals surface area (Å²) in [5.41, 5.74) is -0.409. The van der Waals surface area contributed by atoms with Crippen LogP contribution < -0.4 is 5.32 Å². The van der Waals surface area contributed by atoms with Gasteiger partial charge in [-0.05, 0) is 65.3 Å². The first kappa shape index (κ1) is 17.5. The van der Waals surface area contributed by atoms with Crippen molar-refractivity contribution < 1.29 is 14.3 Å². The zero-order valence-corrected chi connectivity index (χ0v) is 14.6. The topological polar surface area (TPSA) is 50.8 Å². The average Bonchev–Trinajstić information content (AvgIpc) is 2.40. The third-order valence-corrected chi connectivity index (χ3v) is 4.58. The highest BCUT2D eigenvalue weighted by Crippen LogP contribution is 2.24. The van der Waals surface area contributed by atoms with Gasteiger partial charge in [-0.3, -0.25) is 0 Å². The maximum absolute atomic E-state index is 12.1. The van der Waals surface area contributed by atoms with E-state index in [1.807, 2.05) is 25.7 Å². The number of hydrogen-bond acceptors (Lipinski definition) is 4. The van der Waals surface area contributed by atoms with Crippen LogP contribution >= 0.6 is 0 Å². The first-order valence-corrected chi connectivity index (χ1v) is 8.61. The third kappa shape index (κ3) is 5.43. The Hall–Kier alpha value is -0.810. The van der Waals surface area contributed by atoms with E-state index < -0.39 is 5.60 Å². The normalized spacial score (nSPS) is 29.1. The molecule has 0 radical (unpaired) electrons. The van der Waals surface area contributed by atoms with E-state index in [-0.39, 0.29) is 6.09 Å². The quantitative estimate of drug-likeness (QED) is 0.848. The van der Waals surface area contributed by atoms with Crippen LogP contribution in [0.25, 0.3) is 0 Å². The van der Waals surface area contributed by atoms with Crippen molar-refractivity contribution in [3.05, 3.63) is 0 Å². The van der Waals surface area contributed by atoms with E-state index in [2.05, 4.69) is 5.32 Å². The Labute approximate surface area is 134 Å². The molecule has 0 spiro atoms. The summed E-state index contributed by atoms with van der Waals surface area (Å²) in [5.74, 6) is 0.590. The molecule has 5 heteroatoms. The van der Waals surface area contributed by atoms with Crippen LogP contribution in [0.1, 0.15) is 52.9 Å². The highest BCUT2D eigenvalue weighted by Gasteiger charge is 2.30. The molecule has 1 aliphatic carbocycles. The molecule has 1 heterocycles. The van der Waals surface area contributed by atoms with Crippen LogP contribution in [-0.2, 0) is 9.47 Å². The van der Waals surface area contributed by atoms with Gasteiger partial charge < -0.3 is 19.7 Å². The summed E-state index contributed by atoms with van der Waals surface area (Å²) >= 11 is 0. The van der Waals surface area contributed by atoms with E-state index in [0.29, 0.717) is 18.1 Å². The monoisotopic (exact) mass is 312 g/mol. The van der Waals surface area contributed by atoms with Crippen molar-refractivity contribution in [2.75, 3.05) is 26.7 Å². The lowest BCUT2D eigenvalue weighted by atomic mass is 9.88. The van der Waals surface area contributed by atoms with Gasteiger partial charge in [0.1, 0.15) is 5.60 Å². The van der Waals surface area contributed by atoms with Crippen LogP contribution in [0.5, 0.6) is 0 Å².